The van der Waals surface area contributed by atoms with Crippen molar-refractivity contribution in [3.05, 3.63) is 65.4 Å². The van der Waals surface area contributed by atoms with Gasteiger partial charge in [-0.2, -0.15) is 10.1 Å². The monoisotopic (exact) mass is 359 g/mol. The van der Waals surface area contributed by atoms with Gasteiger partial charge in [-0.3, -0.25) is 0 Å². The summed E-state index contributed by atoms with van der Waals surface area (Å²) in [7, 11) is 0. The van der Waals surface area contributed by atoms with E-state index in [0.29, 0.717) is 23.7 Å². The van der Waals surface area contributed by atoms with Gasteiger partial charge in [-0.1, -0.05) is 50.2 Å². The molecule has 5 heteroatoms. The van der Waals surface area contributed by atoms with Crippen LogP contribution in [-0.2, 0) is 6.42 Å². The third-order valence-electron chi connectivity index (χ3n) is 5.15. The molecule has 1 aromatic heterocycles. The lowest BCUT2D eigenvalue weighted by atomic mass is 9.98. The van der Waals surface area contributed by atoms with Crippen molar-refractivity contribution in [2.75, 3.05) is 10.2 Å². The van der Waals surface area contributed by atoms with Gasteiger partial charge in [-0.05, 0) is 48.9 Å². The molecule has 1 N–H and O–H groups in total. The highest BCUT2D eigenvalue weighted by molar-refractivity contribution is 5.69. The van der Waals surface area contributed by atoms with E-state index < -0.39 is 0 Å². The van der Waals surface area contributed by atoms with E-state index in [1.807, 2.05) is 0 Å². The minimum absolute atomic E-state index is 0.309. The van der Waals surface area contributed by atoms with Gasteiger partial charge in [-0.15, -0.1) is 5.10 Å². The fraction of sp³-hybridized carbons (Fsp3) is 0.318. The largest absolute Gasteiger partial charge is 0.338 e. The topological polar surface area (TPSA) is 53.9 Å². The maximum absolute atomic E-state index is 4.78. The average Bonchev–Trinajstić information content (AvgIpc) is 2.99. The molecule has 138 valence electrons. The minimum atomic E-state index is 0.309. The van der Waals surface area contributed by atoms with Crippen LogP contribution in [0.15, 0.2) is 48.7 Å². The number of aromatic nitrogens is 3. The van der Waals surface area contributed by atoms with Crippen molar-refractivity contribution in [2.24, 2.45) is 0 Å². The Morgan fingerprint density at radius 1 is 1.11 bits per heavy atom. The van der Waals surface area contributed by atoms with E-state index in [0.717, 1.165) is 12.1 Å². The lowest BCUT2D eigenvalue weighted by Gasteiger charge is -2.23. The fourth-order valence-electron chi connectivity index (χ4n) is 3.80. The van der Waals surface area contributed by atoms with E-state index in [1.165, 1.54) is 22.4 Å². The Kier molecular flexibility index (Phi) is 4.52. The molecule has 1 aliphatic rings. The molecule has 2 aromatic carbocycles. The Morgan fingerprint density at radius 2 is 1.93 bits per heavy atom. The van der Waals surface area contributed by atoms with Gasteiger partial charge >= 0.3 is 0 Å². The zero-order chi connectivity index (χ0) is 19.0. The molecule has 4 rings (SSSR count). The van der Waals surface area contributed by atoms with Gasteiger partial charge < -0.3 is 10.2 Å². The van der Waals surface area contributed by atoms with Gasteiger partial charge in [0.05, 0.1) is 6.20 Å². The Hall–Kier alpha value is -2.95. The summed E-state index contributed by atoms with van der Waals surface area (Å²) in [4.78, 5) is 6.96. The van der Waals surface area contributed by atoms with Crippen LogP contribution in [0.2, 0.25) is 0 Å². The van der Waals surface area contributed by atoms with E-state index in [-0.39, 0.29) is 0 Å². The number of rotatable bonds is 4. The predicted octanol–water partition coefficient (Wildman–Crippen LogP) is 5.13. The van der Waals surface area contributed by atoms with Crippen molar-refractivity contribution >= 4 is 23.1 Å². The Morgan fingerprint density at radius 3 is 2.74 bits per heavy atom. The summed E-state index contributed by atoms with van der Waals surface area (Å²) in [5.74, 6) is 1.78. The summed E-state index contributed by atoms with van der Waals surface area (Å²) in [6, 6.07) is 15.1. The van der Waals surface area contributed by atoms with E-state index in [1.54, 1.807) is 6.20 Å². The first-order chi connectivity index (χ1) is 13.0. The third-order valence-corrected chi connectivity index (χ3v) is 5.15. The molecular weight excluding hydrogens is 334 g/mol. The van der Waals surface area contributed by atoms with Crippen LogP contribution in [0.4, 0.5) is 23.1 Å². The van der Waals surface area contributed by atoms with Crippen LogP contribution in [-0.4, -0.2) is 21.2 Å². The number of anilines is 4. The van der Waals surface area contributed by atoms with E-state index in [4.69, 9.17) is 4.98 Å². The first kappa shape index (κ1) is 17.5. The zero-order valence-electron chi connectivity index (χ0n) is 16.3. The van der Waals surface area contributed by atoms with Crippen molar-refractivity contribution in [1.29, 1.82) is 0 Å². The van der Waals surface area contributed by atoms with Gasteiger partial charge in [0.15, 0.2) is 5.82 Å². The molecular formula is C22H25N5. The molecule has 3 aromatic rings. The van der Waals surface area contributed by atoms with Crippen molar-refractivity contribution in [3.8, 4) is 0 Å². The predicted molar refractivity (Wildman–Crippen MR) is 110 cm³/mol. The van der Waals surface area contributed by atoms with Crippen LogP contribution < -0.4 is 10.2 Å². The molecule has 1 atom stereocenters. The Bertz CT molecular complexity index is 966. The van der Waals surface area contributed by atoms with Crippen molar-refractivity contribution in [1.82, 2.24) is 15.2 Å². The first-order valence-corrected chi connectivity index (χ1v) is 9.48. The second kappa shape index (κ2) is 6.99. The van der Waals surface area contributed by atoms with Gasteiger partial charge in [0, 0.05) is 17.4 Å². The zero-order valence-corrected chi connectivity index (χ0v) is 16.3. The van der Waals surface area contributed by atoms with Crippen molar-refractivity contribution in [2.45, 2.75) is 46.1 Å². The maximum atomic E-state index is 4.78. The van der Waals surface area contributed by atoms with Gasteiger partial charge in [-0.25, -0.2) is 0 Å². The van der Waals surface area contributed by atoms with Gasteiger partial charge in [0.1, 0.15) is 0 Å². The summed E-state index contributed by atoms with van der Waals surface area (Å²) in [6.07, 6.45) is 2.68. The highest BCUT2D eigenvalue weighted by atomic mass is 15.4. The molecule has 0 fully saturated rings. The molecule has 27 heavy (non-hydrogen) atoms. The number of nitrogens with one attached hydrogen (secondary N) is 1. The molecule has 0 aliphatic carbocycles. The number of hydrogen-bond acceptors (Lipinski definition) is 5. The number of para-hydroxylation sites is 2. The Labute approximate surface area is 160 Å². The molecule has 1 aliphatic heterocycles. The summed E-state index contributed by atoms with van der Waals surface area (Å²) < 4.78 is 0. The minimum Gasteiger partial charge on any atom is -0.338 e. The number of fused-ring (bicyclic) bond motifs is 1. The highest BCUT2D eigenvalue weighted by Gasteiger charge is 2.29. The fourth-order valence-corrected chi connectivity index (χ4v) is 3.80. The van der Waals surface area contributed by atoms with Crippen LogP contribution in [0, 0.1) is 6.92 Å². The standard InChI is InChI=1S/C22H25N5/c1-14(2)18-10-7-8-15(3)21(18)24-20-13-23-26-22(25-20)27-16(4)12-17-9-5-6-11-19(17)27/h5-11,13-14,16H,12H2,1-4H3,(H,24,25,26). The van der Waals surface area contributed by atoms with Crippen molar-refractivity contribution < 1.29 is 0 Å². The van der Waals surface area contributed by atoms with E-state index in [2.05, 4.69) is 90.6 Å². The Balaban J connectivity index is 1.69. The van der Waals surface area contributed by atoms with Crippen LogP contribution >= 0.6 is 0 Å². The maximum Gasteiger partial charge on any atom is 0.252 e. The molecule has 0 saturated heterocycles. The lowest BCUT2D eigenvalue weighted by Crippen LogP contribution is -2.26. The van der Waals surface area contributed by atoms with Gasteiger partial charge in [0.25, 0.3) is 5.95 Å². The summed E-state index contributed by atoms with van der Waals surface area (Å²) in [5.41, 5.74) is 6.07. The van der Waals surface area contributed by atoms with E-state index >= 15 is 0 Å². The second-order valence-corrected chi connectivity index (χ2v) is 7.51. The number of hydrogen-bond donors (Lipinski definition) is 1. The van der Waals surface area contributed by atoms with Crippen molar-refractivity contribution in [3.63, 3.8) is 0 Å². The molecule has 0 saturated carbocycles. The molecule has 5 nitrogen and oxygen atoms in total. The van der Waals surface area contributed by atoms with Gasteiger partial charge in [0.2, 0.25) is 0 Å². The molecule has 0 radical (unpaired) electrons. The summed E-state index contributed by atoms with van der Waals surface area (Å²) >= 11 is 0. The third kappa shape index (κ3) is 3.25. The van der Waals surface area contributed by atoms with Crippen LogP contribution in [0.1, 0.15) is 43.4 Å². The molecule has 2 heterocycles. The molecule has 0 spiro atoms. The molecule has 0 amide bonds. The molecule has 0 bridgehead atoms. The molecule has 1 unspecified atom stereocenters. The average molecular weight is 359 g/mol. The summed E-state index contributed by atoms with van der Waals surface area (Å²) in [6.45, 7) is 8.71. The number of nitrogens with zero attached hydrogens (tertiary/aromatic N) is 4. The van der Waals surface area contributed by atoms with Crippen LogP contribution in [0.5, 0.6) is 0 Å². The smallest absolute Gasteiger partial charge is 0.252 e. The number of aryl methyl sites for hydroxylation is 1. The SMILES string of the molecule is Cc1cccc(C(C)C)c1Nc1cnnc(N2c3ccccc3CC2C)n1. The summed E-state index contributed by atoms with van der Waals surface area (Å²) in [5, 5.41) is 12.0. The number of benzene rings is 2. The quantitative estimate of drug-likeness (QED) is 0.700. The first-order valence-electron chi connectivity index (χ1n) is 9.48. The van der Waals surface area contributed by atoms with Crippen LogP contribution in [0.25, 0.3) is 0 Å². The second-order valence-electron chi connectivity index (χ2n) is 7.51. The van der Waals surface area contributed by atoms with E-state index in [9.17, 15) is 0 Å². The highest BCUT2D eigenvalue weighted by Crippen LogP contribution is 2.36. The lowest BCUT2D eigenvalue weighted by molar-refractivity contribution is 0.730. The normalized spacial score (nSPS) is 15.9. The van der Waals surface area contributed by atoms with Crippen LogP contribution in [0.3, 0.4) is 0 Å².